The zero-order valence-electron chi connectivity index (χ0n) is 15.8. The van der Waals surface area contributed by atoms with Crippen molar-refractivity contribution in [3.05, 3.63) is 83.4 Å². The summed E-state index contributed by atoms with van der Waals surface area (Å²) in [5, 5.41) is 10.9. The van der Waals surface area contributed by atoms with E-state index in [1.165, 1.54) is 0 Å². The number of carbonyl (C=O) groups is 1. The highest BCUT2D eigenvalue weighted by Crippen LogP contribution is 2.32. The molecule has 1 aliphatic rings. The molecule has 0 saturated heterocycles. The zero-order valence-corrected chi connectivity index (χ0v) is 16.6. The summed E-state index contributed by atoms with van der Waals surface area (Å²) in [6.45, 7) is 0. The maximum Gasteiger partial charge on any atom is 0.265 e. The van der Waals surface area contributed by atoms with Gasteiger partial charge in [0.2, 0.25) is 0 Å². The summed E-state index contributed by atoms with van der Waals surface area (Å²) < 4.78 is 5.80. The zero-order chi connectivity index (χ0) is 20.5. The van der Waals surface area contributed by atoms with Crippen molar-refractivity contribution < 1.29 is 9.53 Å². The summed E-state index contributed by atoms with van der Waals surface area (Å²) in [6, 6.07) is 22.5. The van der Waals surface area contributed by atoms with E-state index in [0.29, 0.717) is 34.5 Å². The van der Waals surface area contributed by atoms with Crippen molar-refractivity contribution >= 4 is 23.2 Å². The second-order valence-corrected chi connectivity index (χ2v) is 7.41. The van der Waals surface area contributed by atoms with Crippen LogP contribution in [-0.2, 0) is 11.2 Å². The van der Waals surface area contributed by atoms with Gasteiger partial charge in [0.15, 0.2) is 17.8 Å². The summed E-state index contributed by atoms with van der Waals surface area (Å²) in [7, 11) is 0. The summed E-state index contributed by atoms with van der Waals surface area (Å²) in [5.41, 5.74) is 3.23. The van der Waals surface area contributed by atoms with Crippen molar-refractivity contribution in [2.45, 2.75) is 12.5 Å². The Morgan fingerprint density at radius 1 is 1.07 bits per heavy atom. The molecule has 3 aromatic carbocycles. The molecule has 30 heavy (non-hydrogen) atoms. The first-order valence-electron chi connectivity index (χ1n) is 9.50. The van der Waals surface area contributed by atoms with Crippen molar-refractivity contribution in [1.82, 2.24) is 15.2 Å². The fraction of sp³-hybridized carbons (Fsp3) is 0.0870. The normalized spacial score (nSPS) is 14.8. The number of para-hydroxylation sites is 1. The molecule has 0 radical (unpaired) electrons. The molecule has 7 heteroatoms. The van der Waals surface area contributed by atoms with E-state index in [0.717, 1.165) is 16.7 Å². The third kappa shape index (κ3) is 3.53. The Morgan fingerprint density at radius 3 is 2.73 bits per heavy atom. The van der Waals surface area contributed by atoms with Crippen LogP contribution in [0.25, 0.3) is 22.8 Å². The third-order valence-electron chi connectivity index (χ3n) is 4.95. The molecule has 0 saturated carbocycles. The summed E-state index contributed by atoms with van der Waals surface area (Å²) >= 11 is 6.04. The number of fused-ring (bicyclic) bond motifs is 1. The van der Waals surface area contributed by atoms with Gasteiger partial charge in [-0.15, -0.1) is 0 Å². The molecule has 0 fully saturated rings. The quantitative estimate of drug-likeness (QED) is 0.503. The summed E-state index contributed by atoms with van der Waals surface area (Å²) in [5.74, 6) is 1.64. The van der Waals surface area contributed by atoms with Crippen LogP contribution in [0.3, 0.4) is 0 Å². The molecular weight excluding hydrogens is 400 g/mol. The van der Waals surface area contributed by atoms with Gasteiger partial charge in [-0.25, -0.2) is 4.98 Å². The molecule has 2 heterocycles. The van der Waals surface area contributed by atoms with E-state index in [2.05, 4.69) is 20.5 Å². The number of halogens is 1. The number of anilines is 1. The van der Waals surface area contributed by atoms with Gasteiger partial charge in [-0.1, -0.05) is 54.1 Å². The third-order valence-corrected chi connectivity index (χ3v) is 5.18. The highest BCUT2D eigenvalue weighted by molar-refractivity contribution is 6.30. The van der Waals surface area contributed by atoms with Crippen LogP contribution in [0.5, 0.6) is 5.75 Å². The van der Waals surface area contributed by atoms with Gasteiger partial charge >= 0.3 is 0 Å². The molecule has 2 N–H and O–H groups in total. The van der Waals surface area contributed by atoms with Gasteiger partial charge in [-0.2, -0.15) is 5.10 Å². The number of ether oxygens (including phenoxy) is 1. The van der Waals surface area contributed by atoms with Crippen LogP contribution in [0.2, 0.25) is 5.02 Å². The van der Waals surface area contributed by atoms with Gasteiger partial charge in [0, 0.05) is 22.6 Å². The Kier molecular flexibility index (Phi) is 4.69. The minimum Gasteiger partial charge on any atom is -0.480 e. The number of benzene rings is 3. The first-order chi connectivity index (χ1) is 14.7. The Hall–Kier alpha value is -3.64. The van der Waals surface area contributed by atoms with E-state index < -0.39 is 6.10 Å². The molecule has 5 rings (SSSR count). The number of rotatable bonds is 4. The monoisotopic (exact) mass is 416 g/mol. The second kappa shape index (κ2) is 7.65. The average molecular weight is 417 g/mol. The topological polar surface area (TPSA) is 79.9 Å². The van der Waals surface area contributed by atoms with Gasteiger partial charge < -0.3 is 10.1 Å². The van der Waals surface area contributed by atoms with Crippen molar-refractivity contribution in [2.24, 2.45) is 0 Å². The fourth-order valence-corrected chi connectivity index (χ4v) is 3.67. The molecule has 6 nitrogen and oxygen atoms in total. The predicted octanol–water partition coefficient (Wildman–Crippen LogP) is 4.73. The molecule has 0 bridgehead atoms. The van der Waals surface area contributed by atoms with E-state index in [1.54, 1.807) is 12.1 Å². The maximum absolute atomic E-state index is 12.9. The largest absolute Gasteiger partial charge is 0.480 e. The minimum atomic E-state index is -0.610. The Bertz CT molecular complexity index is 1220. The lowest BCUT2D eigenvalue weighted by atomic mass is 10.1. The summed E-state index contributed by atoms with van der Waals surface area (Å²) in [6.07, 6.45) is -0.134. The van der Waals surface area contributed by atoms with E-state index in [4.69, 9.17) is 16.3 Å². The van der Waals surface area contributed by atoms with E-state index >= 15 is 0 Å². The van der Waals surface area contributed by atoms with Crippen LogP contribution in [0.1, 0.15) is 5.56 Å². The highest BCUT2D eigenvalue weighted by atomic mass is 35.5. The van der Waals surface area contributed by atoms with Gasteiger partial charge in [0.25, 0.3) is 5.91 Å². The first-order valence-corrected chi connectivity index (χ1v) is 9.88. The Labute approximate surface area is 177 Å². The van der Waals surface area contributed by atoms with Crippen molar-refractivity contribution in [3.63, 3.8) is 0 Å². The van der Waals surface area contributed by atoms with Crippen LogP contribution in [0.15, 0.2) is 72.8 Å². The molecule has 1 amide bonds. The smallest absolute Gasteiger partial charge is 0.265 e. The Balaban J connectivity index is 1.37. The highest BCUT2D eigenvalue weighted by Gasteiger charge is 2.29. The second-order valence-electron chi connectivity index (χ2n) is 6.97. The molecule has 1 aliphatic heterocycles. The standard InChI is InChI=1S/C23H17ClN4O2/c24-16-10-11-19-15(12-16)13-20(30-19)23(29)25-18-9-5-4-8-17(18)22-26-21(27-28-22)14-6-2-1-3-7-14/h1-12,20H,13H2,(H,25,29)(H,26,27,28)/t20-/m0/s1. The molecule has 1 atom stereocenters. The van der Waals surface area contributed by atoms with Gasteiger partial charge in [-0.05, 0) is 35.9 Å². The van der Waals surface area contributed by atoms with E-state index in [-0.39, 0.29) is 5.91 Å². The number of carbonyl (C=O) groups excluding carboxylic acids is 1. The first kappa shape index (κ1) is 18.4. The molecule has 0 unspecified atom stereocenters. The van der Waals surface area contributed by atoms with Crippen molar-refractivity contribution in [2.75, 3.05) is 5.32 Å². The number of H-pyrrole nitrogens is 1. The number of amides is 1. The number of aromatic nitrogens is 3. The lowest BCUT2D eigenvalue weighted by molar-refractivity contribution is -0.122. The minimum absolute atomic E-state index is 0.224. The number of aromatic amines is 1. The van der Waals surface area contributed by atoms with Crippen LogP contribution < -0.4 is 10.1 Å². The van der Waals surface area contributed by atoms with Gasteiger partial charge in [0.05, 0.1) is 5.69 Å². The molecule has 1 aromatic heterocycles. The SMILES string of the molecule is O=C(Nc1ccccc1-c1nc(-c2ccccc2)n[nH]1)[C@@H]1Cc2cc(Cl)ccc2O1. The van der Waals surface area contributed by atoms with Crippen LogP contribution in [0.4, 0.5) is 5.69 Å². The maximum atomic E-state index is 12.9. The van der Waals surface area contributed by atoms with E-state index in [1.807, 2.05) is 60.7 Å². The van der Waals surface area contributed by atoms with Crippen LogP contribution in [0, 0.1) is 0 Å². The fourth-order valence-electron chi connectivity index (χ4n) is 3.47. The number of hydrogen-bond donors (Lipinski definition) is 2. The molecule has 0 spiro atoms. The number of hydrogen-bond acceptors (Lipinski definition) is 4. The molecule has 148 valence electrons. The number of nitrogens with zero attached hydrogens (tertiary/aromatic N) is 2. The molecule has 4 aromatic rings. The molecular formula is C23H17ClN4O2. The van der Waals surface area contributed by atoms with Crippen molar-refractivity contribution in [3.8, 4) is 28.5 Å². The van der Waals surface area contributed by atoms with Crippen LogP contribution >= 0.6 is 11.6 Å². The predicted molar refractivity (Wildman–Crippen MR) is 115 cm³/mol. The van der Waals surface area contributed by atoms with Gasteiger partial charge in [-0.3, -0.25) is 9.89 Å². The van der Waals surface area contributed by atoms with E-state index in [9.17, 15) is 4.79 Å². The lowest BCUT2D eigenvalue weighted by Gasteiger charge is -2.13. The van der Waals surface area contributed by atoms with Crippen molar-refractivity contribution in [1.29, 1.82) is 0 Å². The number of nitrogens with one attached hydrogen (secondary N) is 2. The van der Waals surface area contributed by atoms with Gasteiger partial charge in [0.1, 0.15) is 5.75 Å². The lowest BCUT2D eigenvalue weighted by Crippen LogP contribution is -2.31. The Morgan fingerprint density at radius 2 is 1.87 bits per heavy atom. The average Bonchev–Trinajstić information content (AvgIpc) is 3.42. The molecule has 0 aliphatic carbocycles. The summed E-state index contributed by atoms with van der Waals surface area (Å²) in [4.78, 5) is 17.5. The van der Waals surface area contributed by atoms with Crippen LogP contribution in [-0.4, -0.2) is 27.2 Å².